The highest BCUT2D eigenvalue weighted by Crippen LogP contribution is 2.25. The zero-order chi connectivity index (χ0) is 28.6. The highest BCUT2D eigenvalue weighted by Gasteiger charge is 2.32. The minimum Gasteiger partial charge on any atom is -0.444 e. The van der Waals surface area contributed by atoms with Crippen molar-refractivity contribution in [2.45, 2.75) is 58.7 Å². The topological polar surface area (TPSA) is 65.1 Å². The molecule has 1 heterocycles. The van der Waals surface area contributed by atoms with Crippen LogP contribution < -0.4 is 5.32 Å². The predicted octanol–water partition coefficient (Wildman–Crippen LogP) is 5.66. The fraction of sp³-hybridized carbons (Fsp3) is 0.533. The van der Waals surface area contributed by atoms with E-state index in [0.717, 1.165) is 43.3 Å². The first kappa shape index (κ1) is 31.2. The molecule has 0 bridgehead atoms. The molecule has 2 amide bonds. The van der Waals surface area contributed by atoms with E-state index in [4.69, 9.17) is 27.9 Å². The van der Waals surface area contributed by atoms with Crippen molar-refractivity contribution in [2.24, 2.45) is 0 Å². The van der Waals surface area contributed by atoms with Crippen LogP contribution in [0.2, 0.25) is 10.0 Å². The Morgan fingerprint density at radius 1 is 0.923 bits per heavy atom. The molecule has 2 atom stereocenters. The Labute approximate surface area is 243 Å². The third-order valence-corrected chi connectivity index (χ3v) is 7.49. The van der Waals surface area contributed by atoms with Crippen LogP contribution in [0.5, 0.6) is 0 Å². The molecule has 1 unspecified atom stereocenters. The summed E-state index contributed by atoms with van der Waals surface area (Å²) in [7, 11) is 0. The van der Waals surface area contributed by atoms with Gasteiger partial charge >= 0.3 is 6.09 Å². The number of piperazine rings is 1. The highest BCUT2D eigenvalue weighted by atomic mass is 35.5. The second-order valence-electron chi connectivity index (χ2n) is 10.9. The number of amides is 2. The maximum absolute atomic E-state index is 13.7. The van der Waals surface area contributed by atoms with Crippen molar-refractivity contribution in [2.75, 3.05) is 45.8 Å². The molecule has 2 aromatic carbocycles. The first-order chi connectivity index (χ1) is 18.5. The van der Waals surface area contributed by atoms with Gasteiger partial charge in [-0.25, -0.2) is 4.79 Å². The van der Waals surface area contributed by atoms with E-state index in [1.807, 2.05) is 29.2 Å². The van der Waals surface area contributed by atoms with Crippen LogP contribution in [0.4, 0.5) is 4.79 Å². The quantitative estimate of drug-likeness (QED) is 0.395. The molecule has 0 aromatic heterocycles. The van der Waals surface area contributed by atoms with E-state index in [1.54, 1.807) is 32.9 Å². The maximum atomic E-state index is 13.7. The van der Waals surface area contributed by atoms with Crippen LogP contribution in [0.3, 0.4) is 0 Å². The van der Waals surface area contributed by atoms with E-state index in [-0.39, 0.29) is 11.9 Å². The number of halogens is 2. The van der Waals surface area contributed by atoms with Gasteiger partial charge in [0.2, 0.25) is 5.91 Å². The zero-order valence-corrected chi connectivity index (χ0v) is 25.3. The number of ether oxygens (including phenoxy) is 1. The number of nitrogens with one attached hydrogen (secondary N) is 1. The molecule has 9 heteroatoms. The summed E-state index contributed by atoms with van der Waals surface area (Å²) < 4.78 is 5.46. The predicted molar refractivity (Wildman–Crippen MR) is 158 cm³/mol. The molecule has 0 saturated carbocycles. The second-order valence-corrected chi connectivity index (χ2v) is 11.8. The molecular weight excluding hydrogens is 535 g/mol. The number of likely N-dealkylation sites (N-methyl/N-ethyl adjacent to an activating group) is 1. The van der Waals surface area contributed by atoms with Crippen LogP contribution in [0.15, 0.2) is 48.5 Å². The molecule has 3 rings (SSSR count). The number of hydrogen-bond acceptors (Lipinski definition) is 5. The Hall–Kier alpha value is -2.32. The van der Waals surface area contributed by atoms with Crippen LogP contribution in [0.1, 0.15) is 51.8 Å². The Morgan fingerprint density at radius 3 is 1.97 bits per heavy atom. The lowest BCUT2D eigenvalue weighted by Crippen LogP contribution is -2.57. The number of carbonyl (C=O) groups is 2. The lowest BCUT2D eigenvalue weighted by atomic mass is 10.0. The molecule has 1 saturated heterocycles. The highest BCUT2D eigenvalue weighted by molar-refractivity contribution is 6.30. The average Bonchev–Trinajstić information content (AvgIpc) is 2.90. The number of rotatable bonds is 10. The summed E-state index contributed by atoms with van der Waals surface area (Å²) in [5, 5.41) is 4.17. The van der Waals surface area contributed by atoms with Gasteiger partial charge in [-0.3, -0.25) is 9.69 Å². The van der Waals surface area contributed by atoms with Crippen molar-refractivity contribution in [1.82, 2.24) is 20.0 Å². The average molecular weight is 578 g/mol. The molecule has 1 aliphatic rings. The number of hydrogen-bond donors (Lipinski definition) is 1. The fourth-order valence-corrected chi connectivity index (χ4v) is 5.08. The number of nitrogens with zero attached hydrogens (tertiary/aromatic N) is 3. The standard InChI is InChI=1S/C30H42Cl2N4O3/c1-6-34(7-2)21-27(23-10-14-25(32)15-11-23)35-16-18-36(19-17-35)28(37)26(33-29(38)39-30(3,4)5)20-22-8-12-24(31)13-9-22/h8-15,26-27H,6-7,16-21H2,1-5H3,(H,33,38)/t26-,27?/m1/s1. The van der Waals surface area contributed by atoms with E-state index in [0.29, 0.717) is 24.5 Å². The molecular formula is C30H42Cl2N4O3. The molecule has 1 fully saturated rings. The molecule has 0 radical (unpaired) electrons. The minimum absolute atomic E-state index is 0.109. The van der Waals surface area contributed by atoms with Crippen molar-refractivity contribution >= 4 is 35.2 Å². The van der Waals surface area contributed by atoms with E-state index in [2.05, 4.69) is 41.1 Å². The van der Waals surface area contributed by atoms with E-state index >= 15 is 0 Å². The summed E-state index contributed by atoms with van der Waals surface area (Å²) in [5.74, 6) is -0.109. The van der Waals surface area contributed by atoms with Gasteiger partial charge < -0.3 is 19.9 Å². The molecule has 0 aliphatic carbocycles. The summed E-state index contributed by atoms with van der Waals surface area (Å²) in [4.78, 5) is 33.1. The van der Waals surface area contributed by atoms with Gasteiger partial charge in [0.05, 0.1) is 0 Å². The third-order valence-electron chi connectivity index (χ3n) is 6.99. The monoisotopic (exact) mass is 576 g/mol. The lowest BCUT2D eigenvalue weighted by Gasteiger charge is -2.42. The molecule has 1 N–H and O–H groups in total. The Kier molecular flexibility index (Phi) is 11.5. The van der Waals surface area contributed by atoms with Crippen molar-refractivity contribution in [3.8, 4) is 0 Å². The van der Waals surface area contributed by atoms with E-state index < -0.39 is 17.7 Å². The normalized spacial score (nSPS) is 16.2. The van der Waals surface area contributed by atoms with E-state index in [9.17, 15) is 9.59 Å². The van der Waals surface area contributed by atoms with Crippen molar-refractivity contribution in [3.05, 3.63) is 69.7 Å². The summed E-state index contributed by atoms with van der Waals surface area (Å²) in [6.45, 7) is 15.2. The van der Waals surface area contributed by atoms with Gasteiger partial charge in [0.15, 0.2) is 0 Å². The number of carbonyl (C=O) groups excluding carboxylic acids is 2. The van der Waals surface area contributed by atoms with Crippen LogP contribution in [0, 0.1) is 0 Å². The van der Waals surface area contributed by atoms with Gasteiger partial charge in [0.1, 0.15) is 11.6 Å². The van der Waals surface area contributed by atoms with Gasteiger partial charge in [-0.15, -0.1) is 0 Å². The van der Waals surface area contributed by atoms with Crippen molar-refractivity contribution in [1.29, 1.82) is 0 Å². The molecule has 214 valence electrons. The van der Waals surface area contributed by atoms with Gasteiger partial charge in [-0.05, 0) is 69.3 Å². The SMILES string of the molecule is CCN(CC)CC(c1ccc(Cl)cc1)N1CCN(C(=O)[C@@H](Cc2ccc(Cl)cc2)NC(=O)OC(C)(C)C)CC1. The van der Waals surface area contributed by atoms with Gasteiger partial charge in [-0.1, -0.05) is 61.3 Å². The fourth-order valence-electron chi connectivity index (χ4n) is 4.82. The Bertz CT molecular complexity index is 1060. The summed E-state index contributed by atoms with van der Waals surface area (Å²) >= 11 is 12.2. The maximum Gasteiger partial charge on any atom is 0.408 e. The van der Waals surface area contributed by atoms with Crippen LogP contribution in [0.25, 0.3) is 0 Å². The first-order valence-corrected chi connectivity index (χ1v) is 14.5. The van der Waals surface area contributed by atoms with Gasteiger partial charge in [0.25, 0.3) is 0 Å². The number of benzene rings is 2. The Morgan fingerprint density at radius 2 is 1.46 bits per heavy atom. The third kappa shape index (κ3) is 9.67. The minimum atomic E-state index is -0.740. The molecule has 7 nitrogen and oxygen atoms in total. The van der Waals surface area contributed by atoms with Crippen molar-refractivity contribution < 1.29 is 14.3 Å². The summed E-state index contributed by atoms with van der Waals surface area (Å²) in [6.07, 6.45) is -0.249. The van der Waals surface area contributed by atoms with Crippen LogP contribution in [-0.2, 0) is 16.0 Å². The van der Waals surface area contributed by atoms with Crippen molar-refractivity contribution in [3.63, 3.8) is 0 Å². The molecule has 1 aliphatic heterocycles. The first-order valence-electron chi connectivity index (χ1n) is 13.7. The lowest BCUT2D eigenvalue weighted by molar-refractivity contribution is -0.135. The molecule has 39 heavy (non-hydrogen) atoms. The Balaban J connectivity index is 1.72. The molecule has 0 spiro atoms. The number of alkyl carbamates (subject to hydrolysis) is 1. The van der Waals surface area contributed by atoms with Gasteiger partial charge in [0, 0.05) is 55.2 Å². The second kappa shape index (κ2) is 14.4. The largest absolute Gasteiger partial charge is 0.444 e. The summed E-state index contributed by atoms with van der Waals surface area (Å²) in [6, 6.07) is 14.9. The molecule has 2 aromatic rings. The smallest absolute Gasteiger partial charge is 0.408 e. The zero-order valence-electron chi connectivity index (χ0n) is 23.8. The van der Waals surface area contributed by atoms with Gasteiger partial charge in [-0.2, -0.15) is 0 Å². The van der Waals surface area contributed by atoms with Crippen LogP contribution in [-0.4, -0.2) is 84.2 Å². The van der Waals surface area contributed by atoms with E-state index in [1.165, 1.54) is 5.56 Å². The summed E-state index contributed by atoms with van der Waals surface area (Å²) in [5.41, 5.74) is 1.47. The van der Waals surface area contributed by atoms with Crippen LogP contribution >= 0.6 is 23.2 Å².